The van der Waals surface area contributed by atoms with Crippen LogP contribution in [0.3, 0.4) is 0 Å². The fourth-order valence-electron chi connectivity index (χ4n) is 3.77. The van der Waals surface area contributed by atoms with E-state index in [1.807, 2.05) is 37.3 Å². The molecule has 2 heterocycles. The van der Waals surface area contributed by atoms with Crippen LogP contribution in [0.4, 0.5) is 17.3 Å². The van der Waals surface area contributed by atoms with Crippen LogP contribution in [0.2, 0.25) is 0 Å². The predicted molar refractivity (Wildman–Crippen MR) is 154 cm³/mol. The van der Waals surface area contributed by atoms with Crippen LogP contribution >= 0.6 is 11.8 Å². The molecule has 0 saturated carbocycles. The van der Waals surface area contributed by atoms with Gasteiger partial charge in [-0.25, -0.2) is 18.4 Å². The number of pyridine rings is 2. The Morgan fingerprint density at radius 3 is 2.30 bits per heavy atom. The molecule has 0 saturated heterocycles. The Kier molecular flexibility index (Phi) is 8.64. The van der Waals surface area contributed by atoms with Gasteiger partial charge in [-0.15, -0.1) is 0 Å². The number of anilines is 3. The highest BCUT2D eigenvalue weighted by atomic mass is 32.2. The molecule has 2 aromatic carbocycles. The number of rotatable bonds is 9. The first-order chi connectivity index (χ1) is 19.2. The highest BCUT2D eigenvalue weighted by Crippen LogP contribution is 2.35. The second-order valence-electron chi connectivity index (χ2n) is 8.38. The lowest BCUT2D eigenvalue weighted by atomic mass is 9.96. The number of aromatic nitrogens is 2. The summed E-state index contributed by atoms with van der Waals surface area (Å²) >= 11 is 1.01. The van der Waals surface area contributed by atoms with Crippen molar-refractivity contribution in [2.75, 3.05) is 21.5 Å². The number of nitrogen functional groups attached to an aromatic ring is 1. The van der Waals surface area contributed by atoms with Gasteiger partial charge in [-0.1, -0.05) is 49.0 Å². The van der Waals surface area contributed by atoms with Crippen LogP contribution in [0.15, 0.2) is 82.8 Å². The molecule has 0 aliphatic carbocycles. The average molecular weight is 570 g/mol. The van der Waals surface area contributed by atoms with Crippen molar-refractivity contribution in [1.82, 2.24) is 9.97 Å². The van der Waals surface area contributed by atoms with Crippen molar-refractivity contribution >= 4 is 45.0 Å². The van der Waals surface area contributed by atoms with Crippen LogP contribution in [0, 0.1) is 22.7 Å². The van der Waals surface area contributed by atoms with E-state index in [0.29, 0.717) is 16.8 Å². The first kappa shape index (κ1) is 28.1. The summed E-state index contributed by atoms with van der Waals surface area (Å²) in [6, 6.07) is 22.2. The summed E-state index contributed by atoms with van der Waals surface area (Å²) in [4.78, 5) is 20.9. The Morgan fingerprint density at radius 2 is 1.70 bits per heavy atom. The molecule has 1 amide bonds. The minimum Gasteiger partial charge on any atom is -0.383 e. The SMILES string of the molecule is CCc1ccc(-c2c(C#N)c(N)nc(SCC(=O)Nc3ccc(S(=O)(=O)Nc4ccccn4)cc3)c2C#N)cc1. The lowest BCUT2D eigenvalue weighted by Gasteiger charge is -2.13. The third-order valence-corrected chi connectivity index (χ3v) is 8.10. The van der Waals surface area contributed by atoms with E-state index < -0.39 is 15.9 Å². The number of nitrogens with one attached hydrogen (secondary N) is 2. The summed E-state index contributed by atoms with van der Waals surface area (Å²) in [6.45, 7) is 2.03. The van der Waals surface area contributed by atoms with Crippen molar-refractivity contribution < 1.29 is 13.2 Å². The summed E-state index contributed by atoms with van der Waals surface area (Å²) in [5.41, 5.74) is 8.82. The molecular weight excluding hydrogens is 546 g/mol. The number of thioether (sulfide) groups is 1. The normalized spacial score (nSPS) is 10.8. The summed E-state index contributed by atoms with van der Waals surface area (Å²) in [6.07, 6.45) is 2.31. The molecule has 0 atom stereocenters. The zero-order valence-electron chi connectivity index (χ0n) is 21.2. The van der Waals surface area contributed by atoms with Gasteiger partial charge in [0.15, 0.2) is 0 Å². The van der Waals surface area contributed by atoms with Crippen LogP contribution in [-0.4, -0.2) is 30.0 Å². The van der Waals surface area contributed by atoms with E-state index >= 15 is 0 Å². The maximum atomic E-state index is 12.7. The number of hydrogen-bond acceptors (Lipinski definition) is 9. The zero-order valence-corrected chi connectivity index (χ0v) is 22.9. The molecule has 0 spiro atoms. The molecule has 4 N–H and O–H groups in total. The van der Waals surface area contributed by atoms with Gasteiger partial charge < -0.3 is 11.1 Å². The van der Waals surface area contributed by atoms with E-state index in [0.717, 1.165) is 23.7 Å². The van der Waals surface area contributed by atoms with Gasteiger partial charge in [0.1, 0.15) is 34.4 Å². The lowest BCUT2D eigenvalue weighted by Crippen LogP contribution is -2.16. The quantitative estimate of drug-likeness (QED) is 0.244. The fraction of sp³-hybridized carbons (Fsp3) is 0.107. The minimum absolute atomic E-state index is 0.000876. The van der Waals surface area contributed by atoms with Gasteiger partial charge in [0.2, 0.25) is 5.91 Å². The molecule has 4 rings (SSSR count). The minimum atomic E-state index is -3.86. The highest BCUT2D eigenvalue weighted by Gasteiger charge is 2.21. The summed E-state index contributed by atoms with van der Waals surface area (Å²) in [5.74, 6) is -0.362. The number of carbonyl (C=O) groups excluding carboxylic acids is 1. The van der Waals surface area contributed by atoms with Gasteiger partial charge in [-0.05, 0) is 53.9 Å². The molecule has 0 radical (unpaired) electrons. The number of nitrogens with two attached hydrogens (primary N) is 1. The molecule has 4 aromatic rings. The number of hydrogen-bond donors (Lipinski definition) is 3. The number of aryl methyl sites for hydroxylation is 1. The number of sulfonamides is 1. The smallest absolute Gasteiger partial charge is 0.263 e. The first-order valence-electron chi connectivity index (χ1n) is 11.9. The summed E-state index contributed by atoms with van der Waals surface area (Å²) in [7, 11) is -3.86. The Labute approximate surface area is 236 Å². The van der Waals surface area contributed by atoms with Gasteiger partial charge in [-0.2, -0.15) is 10.5 Å². The van der Waals surface area contributed by atoms with E-state index in [4.69, 9.17) is 5.73 Å². The van der Waals surface area contributed by atoms with Crippen molar-refractivity contribution in [3.63, 3.8) is 0 Å². The second-order valence-corrected chi connectivity index (χ2v) is 11.0. The summed E-state index contributed by atoms with van der Waals surface area (Å²) < 4.78 is 27.6. The fourth-order valence-corrected chi connectivity index (χ4v) is 5.57. The molecule has 0 fully saturated rings. The standard InChI is InChI=1S/C28H23N7O3S2/c1-2-18-6-8-19(9-7-18)26-22(15-29)27(31)34-28(23(26)16-30)39-17-25(36)33-20-10-12-21(13-11-20)40(37,38)35-24-5-3-4-14-32-24/h3-14H,2,17H2,1H3,(H2,31,34)(H,32,35)(H,33,36). The number of benzene rings is 2. The predicted octanol–water partition coefficient (Wildman–Crippen LogP) is 4.56. The first-order valence-corrected chi connectivity index (χ1v) is 14.4. The van der Waals surface area contributed by atoms with E-state index in [-0.39, 0.29) is 38.4 Å². The third-order valence-electron chi connectivity index (χ3n) is 5.76. The second kappa shape index (κ2) is 12.3. The lowest BCUT2D eigenvalue weighted by molar-refractivity contribution is -0.113. The maximum absolute atomic E-state index is 12.7. The van der Waals surface area contributed by atoms with Crippen molar-refractivity contribution in [2.24, 2.45) is 0 Å². The van der Waals surface area contributed by atoms with Crippen molar-refractivity contribution in [1.29, 1.82) is 10.5 Å². The summed E-state index contributed by atoms with van der Waals surface area (Å²) in [5, 5.41) is 22.6. The third kappa shape index (κ3) is 6.38. The number of carbonyl (C=O) groups is 1. The van der Waals surface area contributed by atoms with E-state index in [1.54, 1.807) is 12.1 Å². The number of nitriles is 2. The van der Waals surface area contributed by atoms with Gasteiger partial charge in [0.25, 0.3) is 10.0 Å². The molecule has 12 heteroatoms. The molecule has 2 aromatic heterocycles. The van der Waals surface area contributed by atoms with E-state index in [9.17, 15) is 23.7 Å². The largest absolute Gasteiger partial charge is 0.383 e. The van der Waals surface area contributed by atoms with Gasteiger partial charge in [0, 0.05) is 17.4 Å². The van der Waals surface area contributed by atoms with Gasteiger partial charge in [-0.3, -0.25) is 9.52 Å². The molecule has 0 aliphatic heterocycles. The maximum Gasteiger partial charge on any atom is 0.263 e. The Morgan fingerprint density at radius 1 is 1.00 bits per heavy atom. The van der Waals surface area contributed by atoms with Gasteiger partial charge in [0.05, 0.1) is 16.2 Å². The van der Waals surface area contributed by atoms with Crippen LogP contribution in [0.5, 0.6) is 0 Å². The van der Waals surface area contributed by atoms with Crippen LogP contribution < -0.4 is 15.8 Å². The Hall–Kier alpha value is -4.91. The Balaban J connectivity index is 1.48. The van der Waals surface area contributed by atoms with Crippen molar-refractivity contribution in [2.45, 2.75) is 23.3 Å². The van der Waals surface area contributed by atoms with Gasteiger partial charge >= 0.3 is 0 Å². The molecule has 40 heavy (non-hydrogen) atoms. The Bertz CT molecular complexity index is 1730. The highest BCUT2D eigenvalue weighted by molar-refractivity contribution is 8.00. The molecule has 0 bridgehead atoms. The zero-order chi connectivity index (χ0) is 28.7. The molecule has 0 unspecified atom stereocenters. The topological polar surface area (TPSA) is 175 Å². The molecule has 200 valence electrons. The monoisotopic (exact) mass is 569 g/mol. The van der Waals surface area contributed by atoms with Crippen molar-refractivity contribution in [3.05, 3.63) is 89.6 Å². The van der Waals surface area contributed by atoms with Crippen LogP contribution in [0.1, 0.15) is 23.6 Å². The van der Waals surface area contributed by atoms with E-state index in [2.05, 4.69) is 26.1 Å². The van der Waals surface area contributed by atoms with E-state index in [1.165, 1.54) is 36.5 Å². The molecule has 10 nitrogen and oxygen atoms in total. The number of nitrogens with zero attached hydrogens (tertiary/aromatic N) is 4. The average Bonchev–Trinajstić information content (AvgIpc) is 2.96. The molecular formula is C28H23N7O3S2. The molecule has 0 aliphatic rings. The van der Waals surface area contributed by atoms with Crippen LogP contribution in [0.25, 0.3) is 11.1 Å². The van der Waals surface area contributed by atoms with Crippen molar-refractivity contribution in [3.8, 4) is 23.3 Å². The van der Waals surface area contributed by atoms with Crippen LogP contribution in [-0.2, 0) is 21.2 Å². The number of amides is 1.